The molecule has 0 bridgehead atoms. The van der Waals surface area contributed by atoms with E-state index in [0.29, 0.717) is 6.42 Å². The second-order valence-corrected chi connectivity index (χ2v) is 21.0. The summed E-state index contributed by atoms with van der Waals surface area (Å²) in [7, 11) is -16.4. The Labute approximate surface area is 373 Å². The number of nitrogens with two attached hydrogens (primary N) is 1. The molecule has 2 amide bonds. The van der Waals surface area contributed by atoms with Crippen LogP contribution in [-0.4, -0.2) is 128 Å². The number of ether oxygens (including phenoxy) is 1. The Balaban J connectivity index is 1.36. The smallest absolute Gasteiger partial charge is 0.386 e. The van der Waals surface area contributed by atoms with Crippen molar-refractivity contribution >= 4 is 74.9 Å². The van der Waals surface area contributed by atoms with Gasteiger partial charge in [0.25, 0.3) is 0 Å². The van der Waals surface area contributed by atoms with Crippen molar-refractivity contribution in [3.05, 3.63) is 12.7 Å². The molecule has 0 aliphatic carbocycles. The highest BCUT2D eigenvalue weighted by atomic mass is 32.2. The number of amides is 2. The summed E-state index contributed by atoms with van der Waals surface area (Å²) < 4.78 is 62.3. The number of nitrogen functional groups attached to an aromatic ring is 1. The Morgan fingerprint density at radius 2 is 1.56 bits per heavy atom. The monoisotopic (exact) mass is 991 g/mol. The molecule has 0 spiro atoms. The number of imidazole rings is 1. The standard InChI is InChI=1S/C35H60N7O18P3S/c1-4-5-6-7-8-9-10-11-12-13-23(43)18-26(45)64-17-16-37-25(44)14-15-38-33(48)30(47)35(2,3)20-57-63(54,55)60-62(52,53)56-19-24-29(59-61(49,50)51)28(46)34(58-24)42-22-41-27-31(36)39-21-40-32(27)42/h21-22,24,28-30,34,46-47H,4-20H2,1-3H3,(H,37,44)(H,38,48)(H,52,53)(H,54,55)(H2,36,39,40)(H2,49,50,51)/t24-,28-,29-,30?,34-/m1/s1. The highest BCUT2D eigenvalue weighted by Crippen LogP contribution is 2.61. The fraction of sp³-hybridized carbons (Fsp3) is 0.743. The van der Waals surface area contributed by atoms with Crippen LogP contribution in [-0.2, 0) is 55.5 Å². The van der Waals surface area contributed by atoms with Crippen LogP contribution in [0.2, 0.25) is 0 Å². The molecule has 7 atom stereocenters. The first-order valence-corrected chi connectivity index (χ1v) is 26.0. The van der Waals surface area contributed by atoms with Crippen molar-refractivity contribution < 1.29 is 85.3 Å². The molecule has 364 valence electrons. The fourth-order valence-corrected chi connectivity index (χ4v) is 9.75. The number of nitrogens with one attached hydrogen (secondary N) is 2. The summed E-state index contributed by atoms with van der Waals surface area (Å²) in [6.45, 7) is 2.52. The molecule has 3 unspecified atom stereocenters. The number of unbranched alkanes of at least 4 members (excludes halogenated alkanes) is 8. The van der Waals surface area contributed by atoms with E-state index in [1.165, 1.54) is 46.0 Å². The van der Waals surface area contributed by atoms with Crippen LogP contribution in [0.3, 0.4) is 0 Å². The number of nitrogens with zero attached hydrogens (tertiary/aromatic N) is 4. The second kappa shape index (κ2) is 26.0. The van der Waals surface area contributed by atoms with E-state index in [4.69, 9.17) is 19.5 Å². The maximum absolute atomic E-state index is 12.7. The Morgan fingerprint density at radius 3 is 2.22 bits per heavy atom. The van der Waals surface area contributed by atoms with E-state index < -0.39 is 84.6 Å². The van der Waals surface area contributed by atoms with E-state index >= 15 is 0 Å². The van der Waals surface area contributed by atoms with Gasteiger partial charge < -0.3 is 50.9 Å². The number of phosphoric acid groups is 3. The molecule has 29 heteroatoms. The van der Waals surface area contributed by atoms with Gasteiger partial charge in [-0.05, 0) is 6.42 Å². The molecular formula is C35H60N7O18P3S. The lowest BCUT2D eigenvalue weighted by Crippen LogP contribution is -2.46. The topological polar surface area (TPSA) is 381 Å². The predicted molar refractivity (Wildman–Crippen MR) is 229 cm³/mol. The molecule has 0 aromatic carbocycles. The first-order chi connectivity index (χ1) is 29.9. The normalized spacial score (nSPS) is 20.4. The third kappa shape index (κ3) is 19.2. The number of rotatable bonds is 31. The number of hydrogen-bond donors (Lipinski definition) is 9. The molecule has 1 aliphatic heterocycles. The molecule has 1 aliphatic rings. The van der Waals surface area contributed by atoms with E-state index in [0.717, 1.165) is 54.7 Å². The van der Waals surface area contributed by atoms with Crippen molar-refractivity contribution in [3.8, 4) is 0 Å². The number of phosphoric ester groups is 3. The quantitative estimate of drug-likeness (QED) is 0.0298. The van der Waals surface area contributed by atoms with E-state index in [1.54, 1.807) is 0 Å². The molecule has 3 heterocycles. The number of carbonyl (C=O) groups excluding carboxylic acids is 4. The summed E-state index contributed by atoms with van der Waals surface area (Å²) in [5.41, 5.74) is 4.24. The lowest BCUT2D eigenvalue weighted by Gasteiger charge is -2.30. The summed E-state index contributed by atoms with van der Waals surface area (Å²) >= 11 is 0.934. The molecule has 2 aromatic heterocycles. The van der Waals surface area contributed by atoms with E-state index in [1.807, 2.05) is 0 Å². The second-order valence-electron chi connectivity index (χ2n) is 15.6. The van der Waals surface area contributed by atoms with Crippen LogP contribution in [0.15, 0.2) is 12.7 Å². The predicted octanol–water partition coefficient (Wildman–Crippen LogP) is 2.54. The maximum Gasteiger partial charge on any atom is 0.481 e. The van der Waals surface area contributed by atoms with Crippen LogP contribution >= 0.6 is 35.2 Å². The van der Waals surface area contributed by atoms with Crippen molar-refractivity contribution in [2.24, 2.45) is 5.41 Å². The van der Waals surface area contributed by atoms with Gasteiger partial charge in [0.05, 0.1) is 26.0 Å². The minimum absolute atomic E-state index is 0.0259. The lowest BCUT2D eigenvalue weighted by molar-refractivity contribution is -0.137. The van der Waals surface area contributed by atoms with Crippen LogP contribution in [0, 0.1) is 5.41 Å². The third-order valence-corrected chi connectivity index (χ3v) is 13.6. The van der Waals surface area contributed by atoms with Crippen LogP contribution in [0.25, 0.3) is 11.2 Å². The molecular weight excluding hydrogens is 931 g/mol. The number of Topliss-reactive ketones (excluding diaryl/α,β-unsaturated/α-hetero) is 1. The van der Waals surface area contributed by atoms with Gasteiger partial charge in [-0.2, -0.15) is 4.31 Å². The summed E-state index contributed by atoms with van der Waals surface area (Å²) in [5, 5.41) is 26.2. The molecule has 0 saturated carbocycles. The van der Waals surface area contributed by atoms with Crippen molar-refractivity contribution in [3.63, 3.8) is 0 Å². The summed E-state index contributed by atoms with van der Waals surface area (Å²) in [6.07, 6.45) is 3.29. The number of aromatic nitrogens is 4. The molecule has 2 aromatic rings. The largest absolute Gasteiger partial charge is 0.481 e. The fourth-order valence-electron chi connectivity index (χ4n) is 6.23. The first-order valence-electron chi connectivity index (χ1n) is 20.5. The minimum atomic E-state index is -5.59. The summed E-state index contributed by atoms with van der Waals surface area (Å²) in [6, 6.07) is 0. The average molecular weight is 992 g/mol. The van der Waals surface area contributed by atoms with Crippen molar-refractivity contribution in [2.45, 2.75) is 128 Å². The van der Waals surface area contributed by atoms with Crippen LogP contribution < -0.4 is 16.4 Å². The van der Waals surface area contributed by atoms with Crippen molar-refractivity contribution in [1.29, 1.82) is 0 Å². The number of thioether (sulfide) groups is 1. The van der Waals surface area contributed by atoms with Gasteiger partial charge in [0.1, 0.15) is 42.0 Å². The van der Waals surface area contributed by atoms with Crippen molar-refractivity contribution in [2.75, 3.05) is 37.8 Å². The van der Waals surface area contributed by atoms with E-state index in [9.17, 15) is 62.7 Å². The van der Waals surface area contributed by atoms with Crippen LogP contribution in [0.5, 0.6) is 0 Å². The van der Waals surface area contributed by atoms with Gasteiger partial charge in [0.2, 0.25) is 11.8 Å². The zero-order valence-electron chi connectivity index (χ0n) is 35.8. The average Bonchev–Trinajstić information content (AvgIpc) is 3.76. The van der Waals surface area contributed by atoms with E-state index in [2.05, 4.69) is 41.3 Å². The Hall–Kier alpha value is -2.77. The number of aliphatic hydroxyl groups is 2. The maximum atomic E-state index is 12.7. The zero-order valence-corrected chi connectivity index (χ0v) is 39.3. The lowest BCUT2D eigenvalue weighted by atomic mass is 9.87. The molecule has 1 fully saturated rings. The van der Waals surface area contributed by atoms with Crippen molar-refractivity contribution in [1.82, 2.24) is 30.2 Å². The number of ketones is 1. The van der Waals surface area contributed by atoms with Gasteiger partial charge in [0, 0.05) is 37.1 Å². The Bertz CT molecular complexity index is 2010. The Morgan fingerprint density at radius 1 is 0.922 bits per heavy atom. The van der Waals surface area contributed by atoms with Gasteiger partial charge in [-0.3, -0.25) is 37.3 Å². The highest BCUT2D eigenvalue weighted by molar-refractivity contribution is 8.13. The molecule has 1 saturated heterocycles. The van der Waals surface area contributed by atoms with Gasteiger partial charge in [-0.25, -0.2) is 28.6 Å². The minimum Gasteiger partial charge on any atom is -0.386 e. The summed E-state index contributed by atoms with van der Waals surface area (Å²) in [5.74, 6) is -1.40. The molecule has 10 N–H and O–H groups in total. The van der Waals surface area contributed by atoms with Gasteiger partial charge in [-0.1, -0.05) is 83.9 Å². The zero-order chi connectivity index (χ0) is 47.7. The Kier molecular flexibility index (Phi) is 22.5. The molecule has 25 nitrogen and oxygen atoms in total. The third-order valence-electron chi connectivity index (χ3n) is 9.67. The number of fused-ring (bicyclic) bond motifs is 1. The number of aliphatic hydroxyl groups excluding tert-OH is 2. The molecule has 64 heavy (non-hydrogen) atoms. The molecule has 3 rings (SSSR count). The first kappa shape index (κ1) is 55.6. The summed E-state index contributed by atoms with van der Waals surface area (Å²) in [4.78, 5) is 100. The number of anilines is 1. The van der Waals surface area contributed by atoms with Crippen LogP contribution in [0.1, 0.15) is 104 Å². The highest BCUT2D eigenvalue weighted by Gasteiger charge is 2.50. The van der Waals surface area contributed by atoms with Crippen LogP contribution in [0.4, 0.5) is 5.82 Å². The van der Waals surface area contributed by atoms with Gasteiger partial charge >= 0.3 is 23.5 Å². The van der Waals surface area contributed by atoms with Gasteiger partial charge in [-0.15, -0.1) is 0 Å². The SMILES string of the molecule is CCCCCCCCCCCC(=O)CC(=O)SCCNC(=O)CCNC(=O)C(O)C(C)(C)COP(=O)(O)OP(=O)(O)OC[C@H]1O[C@@H](n2cnc3c(N)ncnc32)[C@H](O)[C@@H]1OP(=O)(O)O. The van der Waals surface area contributed by atoms with E-state index in [-0.39, 0.29) is 59.6 Å². The number of hydrogen-bond acceptors (Lipinski definition) is 19. The molecule has 0 radical (unpaired) electrons. The van der Waals surface area contributed by atoms with Gasteiger partial charge in [0.15, 0.2) is 22.8 Å². The number of carbonyl (C=O) groups is 4.